The van der Waals surface area contributed by atoms with Crippen molar-refractivity contribution in [2.45, 2.75) is 30.4 Å². The minimum atomic E-state index is -3.79. The zero-order valence-electron chi connectivity index (χ0n) is 15.5. The van der Waals surface area contributed by atoms with Crippen molar-refractivity contribution in [3.63, 3.8) is 0 Å². The first-order valence-electron chi connectivity index (χ1n) is 9.55. The lowest BCUT2D eigenvalue weighted by Gasteiger charge is -2.38. The lowest BCUT2D eigenvalue weighted by atomic mass is 10.1. The molecule has 0 radical (unpaired) electrons. The van der Waals surface area contributed by atoms with Gasteiger partial charge in [-0.25, -0.2) is 12.7 Å². The van der Waals surface area contributed by atoms with Gasteiger partial charge in [0.2, 0.25) is 0 Å². The molecule has 9 heteroatoms. The number of halogens is 1. The smallest absolute Gasteiger partial charge is 0.267 e. The number of hydrazone groups is 1. The maximum atomic E-state index is 13.4. The number of benzene rings is 2. The highest BCUT2D eigenvalue weighted by atomic mass is 79.9. The Labute approximate surface area is 177 Å². The number of sulfonamides is 1. The lowest BCUT2D eigenvalue weighted by molar-refractivity contribution is 0.00552. The molecule has 0 bridgehead atoms. The van der Waals surface area contributed by atoms with Crippen LogP contribution in [0.3, 0.4) is 0 Å². The number of amidine groups is 1. The summed E-state index contributed by atoms with van der Waals surface area (Å²) in [5.74, 6) is -0.0146. The van der Waals surface area contributed by atoms with Crippen LogP contribution in [0.15, 0.2) is 63.0 Å². The average Bonchev–Trinajstić information content (AvgIpc) is 3.24. The van der Waals surface area contributed by atoms with Crippen molar-refractivity contribution >= 4 is 37.7 Å². The topological polar surface area (TPSA) is 73.3 Å². The Balaban J connectivity index is 1.65. The summed E-state index contributed by atoms with van der Waals surface area (Å²) >= 11 is 3.43. The molecule has 2 aromatic rings. The van der Waals surface area contributed by atoms with Gasteiger partial charge < -0.3 is 0 Å². The molecule has 3 aliphatic rings. The second-order valence-corrected chi connectivity index (χ2v) is 9.93. The minimum absolute atomic E-state index is 0.244. The van der Waals surface area contributed by atoms with Crippen LogP contribution in [0.4, 0.5) is 0 Å². The van der Waals surface area contributed by atoms with Gasteiger partial charge in [0.05, 0.1) is 10.5 Å². The first-order valence-corrected chi connectivity index (χ1v) is 11.8. The molecule has 0 spiro atoms. The summed E-state index contributed by atoms with van der Waals surface area (Å²) in [5.41, 5.74) is 0.989. The molecule has 0 aliphatic carbocycles. The van der Waals surface area contributed by atoms with E-state index >= 15 is 0 Å². The van der Waals surface area contributed by atoms with Crippen molar-refractivity contribution in [3.8, 4) is 0 Å². The lowest BCUT2D eigenvalue weighted by Crippen LogP contribution is -2.57. The number of hydrogen-bond donors (Lipinski definition) is 0. The Morgan fingerprint density at radius 3 is 2.45 bits per heavy atom. The zero-order valence-corrected chi connectivity index (χ0v) is 17.9. The monoisotopic (exact) mass is 474 g/mol. The van der Waals surface area contributed by atoms with E-state index in [1.165, 1.54) is 9.31 Å². The van der Waals surface area contributed by atoms with Crippen molar-refractivity contribution in [2.75, 3.05) is 13.1 Å². The van der Waals surface area contributed by atoms with Crippen molar-refractivity contribution in [3.05, 3.63) is 64.1 Å². The van der Waals surface area contributed by atoms with Crippen molar-refractivity contribution < 1.29 is 13.2 Å². The summed E-state index contributed by atoms with van der Waals surface area (Å²) in [6.45, 7) is 1.44. The molecule has 1 saturated heterocycles. The van der Waals surface area contributed by atoms with Gasteiger partial charge in [-0.3, -0.25) is 9.69 Å². The van der Waals surface area contributed by atoms with Crippen molar-refractivity contribution in [1.29, 1.82) is 0 Å². The third kappa shape index (κ3) is 2.83. The number of piperidine rings is 1. The molecule has 3 heterocycles. The van der Waals surface area contributed by atoms with Crippen LogP contribution in [0, 0.1) is 0 Å². The molecule has 1 fully saturated rings. The van der Waals surface area contributed by atoms with Gasteiger partial charge in [0.25, 0.3) is 15.9 Å². The van der Waals surface area contributed by atoms with Gasteiger partial charge >= 0.3 is 0 Å². The van der Waals surface area contributed by atoms with Crippen LogP contribution in [0.25, 0.3) is 0 Å². The normalized spacial score (nSPS) is 22.9. The van der Waals surface area contributed by atoms with Gasteiger partial charge in [-0.1, -0.05) is 30.7 Å². The summed E-state index contributed by atoms with van der Waals surface area (Å²) in [5, 5.41) is 5.87. The molecule has 150 valence electrons. The van der Waals surface area contributed by atoms with E-state index in [-0.39, 0.29) is 10.8 Å². The summed E-state index contributed by atoms with van der Waals surface area (Å²) in [4.78, 5) is 15.7. The highest BCUT2D eigenvalue weighted by molar-refractivity contribution is 9.10. The number of carbonyl (C=O) groups is 1. The molecule has 7 nitrogen and oxygen atoms in total. The zero-order chi connectivity index (χ0) is 20.2. The van der Waals surface area contributed by atoms with E-state index in [1.807, 2.05) is 11.0 Å². The first kappa shape index (κ1) is 18.8. The second kappa shape index (κ2) is 6.93. The molecule has 2 aromatic carbocycles. The van der Waals surface area contributed by atoms with E-state index in [9.17, 15) is 13.2 Å². The summed E-state index contributed by atoms with van der Waals surface area (Å²) < 4.78 is 28.7. The summed E-state index contributed by atoms with van der Waals surface area (Å²) in [6.07, 6.45) is 2.23. The molecule has 0 unspecified atom stereocenters. The number of fused-ring (bicyclic) bond motifs is 3. The van der Waals surface area contributed by atoms with Crippen molar-refractivity contribution in [2.24, 2.45) is 5.10 Å². The van der Waals surface area contributed by atoms with Crippen LogP contribution >= 0.6 is 15.9 Å². The highest BCUT2D eigenvalue weighted by Gasteiger charge is 2.53. The Hall–Kier alpha value is -2.23. The fraction of sp³-hybridized carbons (Fsp3) is 0.300. The number of amides is 1. The van der Waals surface area contributed by atoms with Crippen LogP contribution in [-0.2, 0) is 10.0 Å². The van der Waals surface area contributed by atoms with Crippen LogP contribution in [-0.4, -0.2) is 53.8 Å². The third-order valence-electron chi connectivity index (χ3n) is 5.53. The van der Waals surface area contributed by atoms with Crippen molar-refractivity contribution in [1.82, 2.24) is 14.2 Å². The number of nitrogens with zero attached hydrogens (tertiary/aromatic N) is 4. The minimum Gasteiger partial charge on any atom is -0.267 e. The van der Waals surface area contributed by atoms with Crippen LogP contribution in [0.1, 0.15) is 35.2 Å². The maximum absolute atomic E-state index is 13.4. The molecule has 5 rings (SSSR count). The second-order valence-electron chi connectivity index (χ2n) is 7.29. The van der Waals surface area contributed by atoms with E-state index in [0.717, 1.165) is 32.4 Å². The van der Waals surface area contributed by atoms with E-state index in [2.05, 4.69) is 21.0 Å². The number of hydrogen-bond acceptors (Lipinski definition) is 5. The molecule has 3 aliphatic heterocycles. The van der Waals surface area contributed by atoms with Gasteiger partial charge in [-0.2, -0.15) is 5.01 Å². The van der Waals surface area contributed by atoms with E-state index < -0.39 is 16.3 Å². The van der Waals surface area contributed by atoms with Crippen LogP contribution in [0.2, 0.25) is 0 Å². The Morgan fingerprint density at radius 1 is 1.00 bits per heavy atom. The third-order valence-corrected chi connectivity index (χ3v) is 8.02. The van der Waals surface area contributed by atoms with Gasteiger partial charge in [0.15, 0.2) is 12.1 Å². The first-order chi connectivity index (χ1) is 14.0. The molecule has 0 saturated carbocycles. The Kier molecular flexibility index (Phi) is 4.49. The van der Waals surface area contributed by atoms with Crippen LogP contribution < -0.4 is 0 Å². The quantitative estimate of drug-likeness (QED) is 0.670. The van der Waals surface area contributed by atoms with Gasteiger partial charge in [-0.05, 0) is 53.0 Å². The number of likely N-dealkylation sites (tertiary alicyclic amines) is 1. The molecule has 0 N–H and O–H groups in total. The average molecular weight is 475 g/mol. The van der Waals surface area contributed by atoms with Crippen LogP contribution in [0.5, 0.6) is 0 Å². The van der Waals surface area contributed by atoms with E-state index in [0.29, 0.717) is 21.4 Å². The maximum Gasteiger partial charge on any atom is 0.278 e. The predicted octanol–water partition coefficient (Wildman–Crippen LogP) is 3.04. The molecular weight excluding hydrogens is 456 g/mol. The van der Waals surface area contributed by atoms with Gasteiger partial charge in [0, 0.05) is 23.1 Å². The number of carbonyl (C=O) groups excluding carboxylic acids is 1. The molecular formula is C20H19BrN4O3S. The van der Waals surface area contributed by atoms with E-state index in [1.54, 1.807) is 42.5 Å². The van der Waals surface area contributed by atoms with Gasteiger partial charge in [-0.15, -0.1) is 5.10 Å². The predicted molar refractivity (Wildman–Crippen MR) is 112 cm³/mol. The number of rotatable bonds is 2. The molecule has 0 aromatic heterocycles. The fourth-order valence-electron chi connectivity index (χ4n) is 4.16. The Bertz CT molecular complexity index is 1130. The van der Waals surface area contributed by atoms with E-state index in [4.69, 9.17) is 0 Å². The largest absolute Gasteiger partial charge is 0.278 e. The standard InChI is InChI=1S/C20H19BrN4O3S/c21-16-10-4-2-8-14(16)19(26)24-20(23-12-6-1-7-13-23)25-18(22-24)15-9-3-5-11-17(15)29(25,27)28/h2-5,8-11,20H,1,6-7,12-13H2/t20-/m0/s1. The summed E-state index contributed by atoms with van der Waals surface area (Å²) in [7, 11) is -3.79. The summed E-state index contributed by atoms with van der Waals surface area (Å²) in [6, 6.07) is 13.9. The molecule has 29 heavy (non-hydrogen) atoms. The highest BCUT2D eigenvalue weighted by Crippen LogP contribution is 2.39. The SMILES string of the molecule is O=C(c1ccccc1Br)N1N=C2c3ccccc3S(=O)(=O)N2[C@H]1N1CCCCC1. The molecule has 1 atom stereocenters. The fourth-order valence-corrected chi connectivity index (χ4v) is 6.35. The molecule has 1 amide bonds. The van der Waals surface area contributed by atoms with Gasteiger partial charge in [0.1, 0.15) is 0 Å². The Morgan fingerprint density at radius 2 is 1.69 bits per heavy atom.